The number of sulfonamides is 1. The minimum Gasteiger partial charge on any atom is -0.478 e. The van der Waals surface area contributed by atoms with Gasteiger partial charge in [-0.15, -0.1) is 0 Å². The normalized spacial score (nSPS) is 11.5. The number of carboxylic acid groups (broad SMARTS) is 1. The van der Waals surface area contributed by atoms with Crippen LogP contribution in [0.5, 0.6) is 0 Å². The molecule has 30 heavy (non-hydrogen) atoms. The number of hydrogen-bond donors (Lipinski definition) is 2. The quantitative estimate of drug-likeness (QED) is 0.492. The third-order valence-electron chi connectivity index (χ3n) is 5.21. The Balaban J connectivity index is 1.86. The summed E-state index contributed by atoms with van der Waals surface area (Å²) < 4.78 is 31.0. The molecule has 0 unspecified atom stereocenters. The van der Waals surface area contributed by atoms with Gasteiger partial charge in [0.2, 0.25) is 0 Å². The molecule has 3 aromatic carbocycles. The van der Waals surface area contributed by atoms with Crippen LogP contribution in [-0.2, 0) is 17.1 Å². The smallest absolute Gasteiger partial charge is 0.337 e. The molecular formula is C23H20N2O4S. The van der Waals surface area contributed by atoms with Gasteiger partial charge in [-0.05, 0) is 36.2 Å². The Morgan fingerprint density at radius 2 is 1.60 bits per heavy atom. The van der Waals surface area contributed by atoms with E-state index in [4.69, 9.17) is 0 Å². The fourth-order valence-corrected chi connectivity index (χ4v) is 5.19. The molecule has 4 rings (SSSR count). The van der Waals surface area contributed by atoms with Gasteiger partial charge in [0, 0.05) is 23.6 Å². The van der Waals surface area contributed by atoms with Crippen molar-refractivity contribution in [2.75, 3.05) is 4.72 Å². The highest BCUT2D eigenvalue weighted by Gasteiger charge is 2.26. The van der Waals surface area contributed by atoms with E-state index in [9.17, 15) is 18.3 Å². The molecule has 1 aromatic heterocycles. The predicted molar refractivity (Wildman–Crippen MR) is 117 cm³/mol. The van der Waals surface area contributed by atoms with Crippen molar-refractivity contribution >= 4 is 32.6 Å². The van der Waals surface area contributed by atoms with Crippen LogP contribution < -0.4 is 4.72 Å². The van der Waals surface area contributed by atoms with E-state index < -0.39 is 16.0 Å². The van der Waals surface area contributed by atoms with Crippen LogP contribution in [0.3, 0.4) is 0 Å². The number of fused-ring (bicyclic) bond motifs is 1. The summed E-state index contributed by atoms with van der Waals surface area (Å²) in [5, 5.41) is 10.2. The van der Waals surface area contributed by atoms with E-state index in [0.29, 0.717) is 16.6 Å². The van der Waals surface area contributed by atoms with Crippen molar-refractivity contribution in [2.45, 2.75) is 11.8 Å². The third-order valence-corrected chi connectivity index (χ3v) is 6.75. The Morgan fingerprint density at radius 1 is 0.933 bits per heavy atom. The van der Waals surface area contributed by atoms with Crippen LogP contribution >= 0.6 is 0 Å². The number of hydrogen-bond acceptors (Lipinski definition) is 3. The molecule has 4 aromatic rings. The molecule has 1 heterocycles. The van der Waals surface area contributed by atoms with Crippen LogP contribution in [0.15, 0.2) is 77.7 Å². The fraction of sp³-hybridized carbons (Fsp3) is 0.0870. The second-order valence-corrected chi connectivity index (χ2v) is 8.65. The predicted octanol–water partition coefficient (Wildman–Crippen LogP) is 4.65. The summed E-state index contributed by atoms with van der Waals surface area (Å²) in [5.41, 5.74) is 2.84. The lowest BCUT2D eigenvalue weighted by Crippen LogP contribution is -2.16. The summed E-state index contributed by atoms with van der Waals surface area (Å²) >= 11 is 0. The maximum absolute atomic E-state index is 13.4. The van der Waals surface area contributed by atoms with Gasteiger partial charge in [-0.25, -0.2) is 13.2 Å². The molecule has 0 aliphatic carbocycles. The Morgan fingerprint density at radius 3 is 2.30 bits per heavy atom. The molecular weight excluding hydrogens is 400 g/mol. The van der Waals surface area contributed by atoms with Gasteiger partial charge in [0.25, 0.3) is 10.0 Å². The van der Waals surface area contributed by atoms with E-state index in [2.05, 4.69) is 4.72 Å². The van der Waals surface area contributed by atoms with Gasteiger partial charge in [0.15, 0.2) is 0 Å². The monoisotopic (exact) mass is 420 g/mol. The van der Waals surface area contributed by atoms with E-state index in [1.807, 2.05) is 47.0 Å². The molecule has 0 fully saturated rings. The molecule has 0 bridgehead atoms. The average molecular weight is 420 g/mol. The lowest BCUT2D eigenvalue weighted by atomic mass is 10.0. The number of aromatic carboxylic acids is 1. The minimum atomic E-state index is -4.04. The minimum absolute atomic E-state index is 0.0242. The Labute approximate surface area is 174 Å². The van der Waals surface area contributed by atoms with E-state index in [0.717, 1.165) is 11.1 Å². The van der Waals surface area contributed by atoms with Crippen molar-refractivity contribution in [1.82, 2.24) is 4.57 Å². The second-order valence-electron chi connectivity index (χ2n) is 7.03. The maximum atomic E-state index is 13.4. The lowest BCUT2D eigenvalue weighted by Gasteiger charge is -2.13. The standard InChI is InChI=1S/C23H20N2O4S/c1-15-22(19-10-6-7-11-21(19)25(15)2)30(28,29)24-20-14-17(12-13-18(20)23(26)27)16-8-4-3-5-9-16/h3-14,24H,1-2H3,(H,26,27). The van der Waals surface area contributed by atoms with E-state index in [1.54, 1.807) is 38.2 Å². The zero-order valence-corrected chi connectivity index (χ0v) is 17.3. The number of aromatic nitrogens is 1. The van der Waals surface area contributed by atoms with Gasteiger partial charge < -0.3 is 9.67 Å². The maximum Gasteiger partial charge on any atom is 0.337 e. The number of anilines is 1. The second kappa shape index (κ2) is 7.35. The molecule has 0 saturated carbocycles. The van der Waals surface area contributed by atoms with Crippen LogP contribution in [0.25, 0.3) is 22.0 Å². The number of rotatable bonds is 5. The molecule has 0 atom stereocenters. The molecule has 0 aliphatic rings. The van der Waals surface area contributed by atoms with Gasteiger partial charge in [-0.1, -0.05) is 54.6 Å². The first-order valence-electron chi connectivity index (χ1n) is 9.29. The van der Waals surface area contributed by atoms with Gasteiger partial charge in [-0.3, -0.25) is 4.72 Å². The van der Waals surface area contributed by atoms with E-state index in [1.165, 1.54) is 6.07 Å². The van der Waals surface area contributed by atoms with Crippen molar-refractivity contribution in [3.8, 4) is 11.1 Å². The number of benzene rings is 3. The molecule has 0 aliphatic heterocycles. The number of para-hydroxylation sites is 1. The average Bonchev–Trinajstić information content (AvgIpc) is 2.99. The van der Waals surface area contributed by atoms with Crippen molar-refractivity contribution < 1.29 is 18.3 Å². The zero-order valence-electron chi connectivity index (χ0n) is 16.5. The molecule has 0 radical (unpaired) electrons. The highest BCUT2D eigenvalue weighted by molar-refractivity contribution is 7.93. The first-order valence-corrected chi connectivity index (χ1v) is 10.8. The van der Waals surface area contributed by atoms with Crippen molar-refractivity contribution in [1.29, 1.82) is 0 Å². The Kier molecular flexibility index (Phi) is 4.83. The summed E-state index contributed by atoms with van der Waals surface area (Å²) in [6, 6.07) is 21.2. The first kappa shape index (κ1) is 19.7. The zero-order chi connectivity index (χ0) is 21.5. The van der Waals surface area contributed by atoms with E-state index in [-0.39, 0.29) is 16.1 Å². The number of carboxylic acids is 1. The molecule has 0 saturated heterocycles. The fourth-order valence-electron chi connectivity index (χ4n) is 3.65. The van der Waals surface area contributed by atoms with Crippen molar-refractivity contribution in [3.05, 3.63) is 84.1 Å². The summed E-state index contributed by atoms with van der Waals surface area (Å²) in [5.74, 6) is -1.21. The van der Waals surface area contributed by atoms with Gasteiger partial charge in [0.05, 0.1) is 11.3 Å². The van der Waals surface area contributed by atoms with Crippen LogP contribution in [0.1, 0.15) is 16.1 Å². The Hall–Kier alpha value is -3.58. The number of carbonyl (C=O) groups is 1. The Bertz CT molecular complexity index is 1370. The van der Waals surface area contributed by atoms with Crippen LogP contribution in [0.2, 0.25) is 0 Å². The first-order chi connectivity index (χ1) is 14.3. The van der Waals surface area contributed by atoms with Crippen LogP contribution in [0, 0.1) is 6.92 Å². The molecule has 2 N–H and O–H groups in total. The number of nitrogens with zero attached hydrogens (tertiary/aromatic N) is 1. The SMILES string of the molecule is Cc1c(S(=O)(=O)Nc2cc(-c3ccccc3)ccc2C(=O)O)c2ccccc2n1C. The van der Waals surface area contributed by atoms with Crippen molar-refractivity contribution in [3.63, 3.8) is 0 Å². The molecule has 0 spiro atoms. The molecule has 6 nitrogen and oxygen atoms in total. The number of nitrogens with one attached hydrogen (secondary N) is 1. The topological polar surface area (TPSA) is 88.4 Å². The molecule has 152 valence electrons. The summed E-state index contributed by atoms with van der Waals surface area (Å²) in [4.78, 5) is 11.9. The number of aryl methyl sites for hydroxylation is 1. The molecule has 0 amide bonds. The lowest BCUT2D eigenvalue weighted by molar-refractivity contribution is 0.0698. The summed E-state index contributed by atoms with van der Waals surface area (Å²) in [7, 11) is -2.24. The summed E-state index contributed by atoms with van der Waals surface area (Å²) in [6.07, 6.45) is 0. The van der Waals surface area contributed by atoms with Gasteiger partial charge in [0.1, 0.15) is 4.90 Å². The van der Waals surface area contributed by atoms with Gasteiger partial charge >= 0.3 is 5.97 Å². The highest BCUT2D eigenvalue weighted by Crippen LogP contribution is 2.32. The van der Waals surface area contributed by atoms with Crippen LogP contribution in [-0.4, -0.2) is 24.1 Å². The van der Waals surface area contributed by atoms with Crippen molar-refractivity contribution in [2.24, 2.45) is 7.05 Å². The van der Waals surface area contributed by atoms with Crippen LogP contribution in [0.4, 0.5) is 5.69 Å². The van der Waals surface area contributed by atoms with Gasteiger partial charge in [-0.2, -0.15) is 0 Å². The third kappa shape index (κ3) is 3.33. The van der Waals surface area contributed by atoms with E-state index >= 15 is 0 Å². The molecule has 7 heteroatoms. The summed E-state index contributed by atoms with van der Waals surface area (Å²) in [6.45, 7) is 1.73. The largest absolute Gasteiger partial charge is 0.478 e. The highest BCUT2D eigenvalue weighted by atomic mass is 32.2.